The third kappa shape index (κ3) is 7.78. The maximum absolute atomic E-state index is 13.8. The van der Waals surface area contributed by atoms with Crippen LogP contribution in [-0.4, -0.2) is 51.9 Å². The highest BCUT2D eigenvalue weighted by Gasteiger charge is 2.31. The highest BCUT2D eigenvalue weighted by molar-refractivity contribution is 6.36. The van der Waals surface area contributed by atoms with Crippen molar-refractivity contribution in [3.63, 3.8) is 0 Å². The summed E-state index contributed by atoms with van der Waals surface area (Å²) in [4.78, 5) is 30.7. The van der Waals surface area contributed by atoms with Crippen molar-refractivity contribution < 1.29 is 14.3 Å². The van der Waals surface area contributed by atoms with E-state index in [0.717, 1.165) is 17.0 Å². The molecule has 0 aliphatic rings. The SMILES string of the molecule is COc1cccc(Cn2cccc2CN(C(=O)CN(CC(C)C)C(=O)c2ccc(Cl)cc2Cl)C(C)(C)C)c1. The summed E-state index contributed by atoms with van der Waals surface area (Å²) in [5, 5.41) is 0.723. The number of ether oxygens (including phenoxy) is 1. The molecule has 0 bridgehead atoms. The lowest BCUT2D eigenvalue weighted by Crippen LogP contribution is -2.51. The second-order valence-electron chi connectivity index (χ2n) is 10.8. The number of aromatic nitrogens is 1. The Hall–Kier alpha value is -2.96. The first-order chi connectivity index (χ1) is 17.9. The molecule has 3 aromatic rings. The Morgan fingerprint density at radius 3 is 2.39 bits per heavy atom. The molecule has 8 heteroatoms. The molecule has 0 radical (unpaired) electrons. The van der Waals surface area contributed by atoms with E-state index in [1.54, 1.807) is 30.2 Å². The number of nitrogens with zero attached hydrogens (tertiary/aromatic N) is 3. The van der Waals surface area contributed by atoms with Gasteiger partial charge in [-0.3, -0.25) is 9.59 Å². The molecule has 6 nitrogen and oxygen atoms in total. The zero-order chi connectivity index (χ0) is 28.0. The Kier molecular flexibility index (Phi) is 9.91. The van der Waals surface area contributed by atoms with Crippen molar-refractivity contribution in [1.82, 2.24) is 14.4 Å². The predicted molar refractivity (Wildman–Crippen MR) is 154 cm³/mol. The summed E-state index contributed by atoms with van der Waals surface area (Å²) in [6.45, 7) is 11.5. The summed E-state index contributed by atoms with van der Waals surface area (Å²) in [5.41, 5.74) is 1.97. The third-order valence-electron chi connectivity index (χ3n) is 6.20. The van der Waals surface area contributed by atoms with Crippen LogP contribution in [-0.2, 0) is 17.9 Å². The van der Waals surface area contributed by atoms with E-state index in [1.165, 1.54) is 0 Å². The fourth-order valence-electron chi connectivity index (χ4n) is 4.32. The van der Waals surface area contributed by atoms with Gasteiger partial charge >= 0.3 is 0 Å². The minimum absolute atomic E-state index is 0.0518. The lowest BCUT2D eigenvalue weighted by molar-refractivity contribution is -0.137. The van der Waals surface area contributed by atoms with Gasteiger partial charge in [-0.2, -0.15) is 0 Å². The topological polar surface area (TPSA) is 54.8 Å². The molecule has 0 saturated carbocycles. The maximum atomic E-state index is 13.8. The molecule has 38 heavy (non-hydrogen) atoms. The van der Waals surface area contributed by atoms with E-state index >= 15 is 0 Å². The van der Waals surface area contributed by atoms with E-state index in [2.05, 4.69) is 10.6 Å². The smallest absolute Gasteiger partial charge is 0.255 e. The number of carbonyl (C=O) groups excluding carboxylic acids is 2. The molecule has 0 unspecified atom stereocenters. The van der Waals surface area contributed by atoms with Gasteiger partial charge in [0.25, 0.3) is 5.91 Å². The Morgan fingerprint density at radius 2 is 1.76 bits per heavy atom. The van der Waals surface area contributed by atoms with Crippen molar-refractivity contribution in [1.29, 1.82) is 0 Å². The molecule has 0 aliphatic heterocycles. The van der Waals surface area contributed by atoms with Gasteiger partial charge in [-0.1, -0.05) is 49.2 Å². The van der Waals surface area contributed by atoms with E-state index in [0.29, 0.717) is 30.2 Å². The number of hydrogen-bond donors (Lipinski definition) is 0. The van der Waals surface area contributed by atoms with Gasteiger partial charge < -0.3 is 19.1 Å². The van der Waals surface area contributed by atoms with Crippen molar-refractivity contribution in [3.8, 4) is 5.75 Å². The van der Waals surface area contributed by atoms with E-state index < -0.39 is 5.54 Å². The van der Waals surface area contributed by atoms with Crippen LogP contribution in [0.1, 0.15) is 56.2 Å². The number of carbonyl (C=O) groups is 2. The molecule has 1 aromatic heterocycles. The van der Waals surface area contributed by atoms with Crippen molar-refractivity contribution in [2.45, 2.75) is 53.2 Å². The predicted octanol–water partition coefficient (Wildman–Crippen LogP) is 6.78. The van der Waals surface area contributed by atoms with Crippen LogP contribution in [0.5, 0.6) is 5.75 Å². The monoisotopic (exact) mass is 557 g/mol. The van der Waals surface area contributed by atoms with Gasteiger partial charge in [-0.05, 0) is 74.7 Å². The van der Waals surface area contributed by atoms with Crippen LogP contribution in [0, 0.1) is 5.92 Å². The van der Waals surface area contributed by atoms with Crippen LogP contribution in [0.3, 0.4) is 0 Å². The number of halogens is 2. The van der Waals surface area contributed by atoms with Crippen molar-refractivity contribution in [2.75, 3.05) is 20.2 Å². The highest BCUT2D eigenvalue weighted by atomic mass is 35.5. The molecule has 2 amide bonds. The van der Waals surface area contributed by atoms with Gasteiger partial charge in [0.05, 0.1) is 24.2 Å². The van der Waals surface area contributed by atoms with E-state index in [4.69, 9.17) is 27.9 Å². The van der Waals surface area contributed by atoms with E-state index in [9.17, 15) is 9.59 Å². The molecule has 204 valence electrons. The molecule has 2 aromatic carbocycles. The second-order valence-corrected chi connectivity index (χ2v) is 11.7. The lowest BCUT2D eigenvalue weighted by atomic mass is 10.0. The van der Waals surface area contributed by atoms with Crippen LogP contribution in [0.15, 0.2) is 60.8 Å². The van der Waals surface area contributed by atoms with Crippen molar-refractivity contribution in [3.05, 3.63) is 87.7 Å². The van der Waals surface area contributed by atoms with Gasteiger partial charge in [0.2, 0.25) is 5.91 Å². The van der Waals surface area contributed by atoms with Gasteiger partial charge in [0.15, 0.2) is 0 Å². The lowest BCUT2D eigenvalue weighted by Gasteiger charge is -2.38. The Morgan fingerprint density at radius 1 is 1.03 bits per heavy atom. The molecule has 0 fully saturated rings. The molecule has 0 saturated heterocycles. The zero-order valence-corrected chi connectivity index (χ0v) is 24.5. The quantitative estimate of drug-likeness (QED) is 0.276. The number of amides is 2. The van der Waals surface area contributed by atoms with Gasteiger partial charge in [0.1, 0.15) is 12.3 Å². The Balaban J connectivity index is 1.84. The summed E-state index contributed by atoms with van der Waals surface area (Å²) < 4.78 is 7.49. The standard InChI is InChI=1S/C30H37Cl2N3O3/c1-21(2)17-34(29(37)26-13-12-23(31)16-27(26)32)20-28(36)35(30(3,4)5)19-24-10-8-14-33(24)18-22-9-7-11-25(15-22)38-6/h7-16,21H,17-20H2,1-6H3. The highest BCUT2D eigenvalue weighted by Crippen LogP contribution is 2.24. The van der Waals surface area contributed by atoms with Crippen LogP contribution < -0.4 is 4.74 Å². The molecule has 0 spiro atoms. The Bertz CT molecular complexity index is 1260. The molecule has 0 aliphatic carbocycles. The van der Waals surface area contributed by atoms with Crippen molar-refractivity contribution in [2.24, 2.45) is 5.92 Å². The molecular weight excluding hydrogens is 521 g/mol. The number of benzene rings is 2. The molecule has 1 heterocycles. The largest absolute Gasteiger partial charge is 0.497 e. The fourth-order valence-corrected chi connectivity index (χ4v) is 4.81. The normalized spacial score (nSPS) is 11.5. The molecule has 0 atom stereocenters. The summed E-state index contributed by atoms with van der Waals surface area (Å²) in [6.07, 6.45) is 2.01. The molecular formula is C30H37Cl2N3O3. The first-order valence-corrected chi connectivity index (χ1v) is 13.5. The fraction of sp³-hybridized carbons (Fsp3) is 0.400. The number of rotatable bonds is 10. The summed E-state index contributed by atoms with van der Waals surface area (Å²) in [6, 6.07) is 16.7. The van der Waals surface area contributed by atoms with Gasteiger partial charge in [-0.15, -0.1) is 0 Å². The summed E-state index contributed by atoms with van der Waals surface area (Å²) in [7, 11) is 1.65. The summed E-state index contributed by atoms with van der Waals surface area (Å²) >= 11 is 12.4. The van der Waals surface area contributed by atoms with E-state index in [1.807, 2.05) is 76.0 Å². The zero-order valence-electron chi connectivity index (χ0n) is 23.0. The number of methoxy groups -OCH3 is 1. The van der Waals surface area contributed by atoms with Crippen LogP contribution in [0.4, 0.5) is 0 Å². The second kappa shape index (κ2) is 12.7. The first kappa shape index (κ1) is 29.6. The minimum atomic E-state index is -0.466. The minimum Gasteiger partial charge on any atom is -0.497 e. The van der Waals surface area contributed by atoms with Gasteiger partial charge in [-0.25, -0.2) is 0 Å². The summed E-state index contributed by atoms with van der Waals surface area (Å²) in [5.74, 6) is 0.550. The van der Waals surface area contributed by atoms with Crippen molar-refractivity contribution >= 4 is 35.0 Å². The van der Waals surface area contributed by atoms with E-state index in [-0.39, 0.29) is 29.3 Å². The Labute approximate surface area is 236 Å². The average Bonchev–Trinajstić information content (AvgIpc) is 3.27. The third-order valence-corrected chi connectivity index (χ3v) is 6.75. The average molecular weight is 559 g/mol. The van der Waals surface area contributed by atoms with Gasteiger partial charge in [0, 0.05) is 35.5 Å². The van der Waals surface area contributed by atoms with Crippen LogP contribution in [0.25, 0.3) is 0 Å². The first-order valence-electron chi connectivity index (χ1n) is 12.7. The number of hydrogen-bond acceptors (Lipinski definition) is 3. The van der Waals surface area contributed by atoms with Crippen LogP contribution >= 0.6 is 23.2 Å². The maximum Gasteiger partial charge on any atom is 0.255 e. The molecule has 3 rings (SSSR count). The molecule has 0 N–H and O–H groups in total. The van der Waals surface area contributed by atoms with Crippen LogP contribution in [0.2, 0.25) is 10.0 Å².